The van der Waals surface area contributed by atoms with Crippen molar-refractivity contribution >= 4 is 12.2 Å². The average molecular weight is 264 g/mol. The Bertz CT molecular complexity index is 448. The lowest BCUT2D eigenvalue weighted by molar-refractivity contribution is 1.67. The topological polar surface area (TPSA) is 0 Å². The Balaban J connectivity index is 0. The van der Waals surface area contributed by atoms with Crippen molar-refractivity contribution in [2.75, 3.05) is 0 Å². The second-order valence-corrected chi connectivity index (χ2v) is 3.70. The van der Waals surface area contributed by atoms with E-state index in [1.54, 1.807) is 12.2 Å². The van der Waals surface area contributed by atoms with E-state index in [1.807, 2.05) is 72.8 Å². The smallest absolute Gasteiger partial charge is 0 e. The molecule has 0 saturated heterocycles. The summed E-state index contributed by atoms with van der Waals surface area (Å²) in [7, 11) is 0. The molecule has 0 amide bonds. The van der Waals surface area contributed by atoms with E-state index in [-0.39, 0.29) is 1.43 Å². The van der Waals surface area contributed by atoms with E-state index in [4.69, 9.17) is 0 Å². The SMILES string of the molecule is C=CC=C.C=Cc1ccccc1.C=Cc1ccccc1.[HH]. The summed E-state index contributed by atoms with van der Waals surface area (Å²) in [4.78, 5) is 0. The lowest BCUT2D eigenvalue weighted by Gasteiger charge is -1.85. The first-order chi connectivity index (χ1) is 9.78. The Hall–Kier alpha value is -2.60. The zero-order valence-electron chi connectivity index (χ0n) is 11.9. The summed E-state index contributed by atoms with van der Waals surface area (Å²) in [6.07, 6.45) is 6.94. The highest BCUT2D eigenvalue weighted by Crippen LogP contribution is 1.98. The molecule has 0 aliphatic rings. The van der Waals surface area contributed by atoms with E-state index in [0.29, 0.717) is 0 Å². The number of hydrogen-bond acceptors (Lipinski definition) is 0. The summed E-state index contributed by atoms with van der Waals surface area (Å²) in [5.41, 5.74) is 2.35. The van der Waals surface area contributed by atoms with Crippen LogP contribution in [0.5, 0.6) is 0 Å². The van der Waals surface area contributed by atoms with Crippen LogP contribution in [-0.4, -0.2) is 0 Å². The quantitative estimate of drug-likeness (QED) is 0.574. The van der Waals surface area contributed by atoms with Gasteiger partial charge in [0, 0.05) is 1.43 Å². The third-order valence-electron chi connectivity index (χ3n) is 2.24. The molecule has 0 bridgehead atoms. The number of allylic oxidation sites excluding steroid dienone is 2. The molecule has 2 rings (SSSR count). The van der Waals surface area contributed by atoms with E-state index in [2.05, 4.69) is 26.3 Å². The van der Waals surface area contributed by atoms with Gasteiger partial charge in [-0.2, -0.15) is 0 Å². The zero-order chi connectivity index (χ0) is 15.1. The fourth-order valence-electron chi connectivity index (χ4n) is 1.18. The summed E-state index contributed by atoms with van der Waals surface area (Å²) < 4.78 is 0. The van der Waals surface area contributed by atoms with Crippen molar-refractivity contribution in [3.8, 4) is 0 Å². The maximum Gasteiger partial charge on any atom is 0 e. The molecule has 104 valence electrons. The summed E-state index contributed by atoms with van der Waals surface area (Å²) in [6.45, 7) is 14.0. The van der Waals surface area contributed by atoms with E-state index >= 15 is 0 Å². The minimum absolute atomic E-state index is 0. The van der Waals surface area contributed by atoms with Gasteiger partial charge in [-0.05, 0) is 11.1 Å². The predicted molar refractivity (Wildman–Crippen MR) is 95.6 cm³/mol. The maximum absolute atomic E-state index is 3.63. The first-order valence-corrected chi connectivity index (χ1v) is 6.37. The lowest BCUT2D eigenvalue weighted by Crippen LogP contribution is -1.63. The Morgan fingerprint density at radius 2 is 0.850 bits per heavy atom. The van der Waals surface area contributed by atoms with Crippen LogP contribution in [0.25, 0.3) is 12.2 Å². The molecule has 0 aliphatic carbocycles. The highest BCUT2D eigenvalue weighted by atomic mass is 13.8. The molecule has 0 spiro atoms. The minimum Gasteiger partial charge on any atom is -0.0991 e. The molecule has 0 aliphatic heterocycles. The Morgan fingerprint density at radius 3 is 1.00 bits per heavy atom. The standard InChI is InChI=1S/2C8H8.C4H6.H2/c2*1-2-8-6-4-3-5-7-8;1-3-4-2;/h2*2-7H,1H2;3-4H,1-2H2;1H. The van der Waals surface area contributed by atoms with E-state index < -0.39 is 0 Å². The predicted octanol–water partition coefficient (Wildman–Crippen LogP) is 6.26. The fourth-order valence-corrected chi connectivity index (χ4v) is 1.18. The van der Waals surface area contributed by atoms with Crippen molar-refractivity contribution in [3.05, 3.63) is 110 Å². The summed E-state index contributed by atoms with van der Waals surface area (Å²) in [5.74, 6) is 0. The molecular formula is C20H24. The second-order valence-electron chi connectivity index (χ2n) is 3.70. The normalized spacial score (nSPS) is 7.80. The molecule has 0 aromatic heterocycles. The first-order valence-electron chi connectivity index (χ1n) is 6.37. The van der Waals surface area contributed by atoms with Gasteiger partial charge < -0.3 is 0 Å². The van der Waals surface area contributed by atoms with E-state index in [0.717, 1.165) is 0 Å². The zero-order valence-corrected chi connectivity index (χ0v) is 11.9. The molecule has 0 fully saturated rings. The molecule has 0 nitrogen and oxygen atoms in total. The molecule has 0 atom stereocenters. The van der Waals surface area contributed by atoms with Crippen molar-refractivity contribution < 1.29 is 1.43 Å². The largest absolute Gasteiger partial charge is 0.0991 e. The molecular weight excluding hydrogens is 240 g/mol. The number of benzene rings is 2. The summed E-state index contributed by atoms with van der Waals surface area (Å²) >= 11 is 0. The monoisotopic (exact) mass is 264 g/mol. The number of rotatable bonds is 3. The van der Waals surface area contributed by atoms with Gasteiger partial charge in [0.2, 0.25) is 0 Å². The summed E-state index contributed by atoms with van der Waals surface area (Å²) in [5, 5.41) is 0. The Kier molecular flexibility index (Phi) is 11.2. The third kappa shape index (κ3) is 9.43. The molecule has 0 radical (unpaired) electrons. The molecule has 2 aromatic carbocycles. The van der Waals surface area contributed by atoms with Crippen LogP contribution < -0.4 is 0 Å². The van der Waals surface area contributed by atoms with Crippen LogP contribution in [0.1, 0.15) is 12.6 Å². The molecule has 2 aromatic rings. The van der Waals surface area contributed by atoms with Gasteiger partial charge >= 0.3 is 0 Å². The maximum atomic E-state index is 3.63. The van der Waals surface area contributed by atoms with Crippen LogP contribution in [0, 0.1) is 0 Å². The van der Waals surface area contributed by atoms with Crippen LogP contribution >= 0.6 is 0 Å². The molecule has 0 saturated carbocycles. The molecule has 0 heterocycles. The van der Waals surface area contributed by atoms with Gasteiger partial charge in [-0.3, -0.25) is 0 Å². The van der Waals surface area contributed by atoms with Gasteiger partial charge in [0.25, 0.3) is 0 Å². The van der Waals surface area contributed by atoms with Crippen molar-refractivity contribution in [2.24, 2.45) is 0 Å². The minimum atomic E-state index is 0. The second kappa shape index (κ2) is 12.8. The van der Waals surface area contributed by atoms with Crippen molar-refractivity contribution in [1.82, 2.24) is 0 Å². The highest BCUT2D eigenvalue weighted by molar-refractivity contribution is 5.46. The van der Waals surface area contributed by atoms with Crippen LogP contribution in [0.3, 0.4) is 0 Å². The molecule has 0 unspecified atom stereocenters. The van der Waals surface area contributed by atoms with Crippen molar-refractivity contribution in [3.63, 3.8) is 0 Å². The third-order valence-corrected chi connectivity index (χ3v) is 2.24. The van der Waals surface area contributed by atoms with Crippen molar-refractivity contribution in [2.45, 2.75) is 0 Å². The van der Waals surface area contributed by atoms with Gasteiger partial charge in [0.15, 0.2) is 0 Å². The van der Waals surface area contributed by atoms with Crippen LogP contribution in [-0.2, 0) is 0 Å². The molecule has 20 heavy (non-hydrogen) atoms. The van der Waals surface area contributed by atoms with Crippen LogP contribution in [0.4, 0.5) is 0 Å². The molecule has 0 heteroatoms. The highest BCUT2D eigenvalue weighted by Gasteiger charge is 1.76. The van der Waals surface area contributed by atoms with E-state index in [9.17, 15) is 0 Å². The molecule has 0 N–H and O–H groups in total. The van der Waals surface area contributed by atoms with Crippen molar-refractivity contribution in [1.29, 1.82) is 0 Å². The fraction of sp³-hybridized carbons (Fsp3) is 0. The summed E-state index contributed by atoms with van der Waals surface area (Å²) in [6, 6.07) is 20.1. The van der Waals surface area contributed by atoms with Gasteiger partial charge in [-0.25, -0.2) is 0 Å². The van der Waals surface area contributed by atoms with Gasteiger partial charge in [0.05, 0.1) is 0 Å². The van der Waals surface area contributed by atoms with Gasteiger partial charge in [-0.1, -0.05) is 111 Å². The first kappa shape index (κ1) is 17.4. The van der Waals surface area contributed by atoms with Crippen LogP contribution in [0.15, 0.2) is 99.1 Å². The lowest BCUT2D eigenvalue weighted by atomic mass is 10.2. The Labute approximate surface area is 124 Å². The van der Waals surface area contributed by atoms with Gasteiger partial charge in [0.1, 0.15) is 0 Å². The average Bonchev–Trinajstić information content (AvgIpc) is 2.57. The van der Waals surface area contributed by atoms with Crippen LogP contribution in [0.2, 0.25) is 0 Å². The van der Waals surface area contributed by atoms with E-state index in [1.165, 1.54) is 11.1 Å². The Morgan fingerprint density at radius 1 is 0.550 bits per heavy atom. The van der Waals surface area contributed by atoms with Gasteiger partial charge in [-0.15, -0.1) is 0 Å². The number of hydrogen-bond donors (Lipinski definition) is 0.